The van der Waals surface area contributed by atoms with E-state index in [2.05, 4.69) is 15.3 Å². The number of hydrogen-bond donors (Lipinski definition) is 1. The number of rotatable bonds is 3. The average molecular weight is 350 g/mol. The monoisotopic (exact) mass is 349 g/mol. The largest absolute Gasteiger partial charge is 0.338 e. The summed E-state index contributed by atoms with van der Waals surface area (Å²) in [5.74, 6) is 0.874. The van der Waals surface area contributed by atoms with Gasteiger partial charge in [-0.05, 0) is 24.3 Å². The molecule has 2 aliphatic rings. The van der Waals surface area contributed by atoms with E-state index in [0.717, 1.165) is 0 Å². The van der Waals surface area contributed by atoms with Crippen LogP contribution in [-0.4, -0.2) is 20.6 Å². The van der Waals surface area contributed by atoms with E-state index in [4.69, 9.17) is 23.2 Å². The third-order valence-corrected chi connectivity index (χ3v) is 3.39. The van der Waals surface area contributed by atoms with Crippen LogP contribution in [0.15, 0.2) is 75.5 Å². The van der Waals surface area contributed by atoms with Crippen molar-refractivity contribution < 1.29 is 4.92 Å². The maximum atomic E-state index is 11.5. The molecule has 0 aromatic carbocycles. The number of anilines is 1. The molecule has 1 aromatic rings. The number of pyridine rings is 1. The number of halogens is 2. The number of nitrogens with zero attached hydrogens (tertiary/aromatic N) is 4. The first-order valence-electron chi connectivity index (χ1n) is 6.43. The van der Waals surface area contributed by atoms with E-state index < -0.39 is 4.92 Å². The number of fused-ring (bicyclic) bond motifs is 1. The number of aliphatic imine (C=N–C) groups is 1. The van der Waals surface area contributed by atoms with Gasteiger partial charge in [0.15, 0.2) is 5.70 Å². The number of aromatic nitrogens is 1. The molecule has 9 heteroatoms. The quantitative estimate of drug-likeness (QED) is 0.667. The minimum absolute atomic E-state index is 0.00806. The second kappa shape index (κ2) is 6.23. The summed E-state index contributed by atoms with van der Waals surface area (Å²) in [5.41, 5.74) is -0.290. The molecule has 7 nitrogen and oxygen atoms in total. The number of hydrogen-bond acceptors (Lipinski definition) is 6. The minimum Gasteiger partial charge on any atom is -0.319 e. The summed E-state index contributed by atoms with van der Waals surface area (Å²) in [6.45, 7) is 0. The van der Waals surface area contributed by atoms with Gasteiger partial charge in [-0.25, -0.2) is 9.98 Å². The Morgan fingerprint density at radius 3 is 2.78 bits per heavy atom. The molecule has 1 aromatic heterocycles. The van der Waals surface area contributed by atoms with Gasteiger partial charge in [-0.15, -0.1) is 0 Å². The standard InChI is InChI=1S/C14H9Cl2N5O2/c15-13(16)11-12(21(22)23)14(18-9-5-1-3-7-17-9)19-10-6-2-4-8-20(10)11/h1-8H,(H,17,18). The molecule has 3 heterocycles. The molecular formula is C14H9Cl2N5O2. The third-order valence-electron chi connectivity index (χ3n) is 3.03. The molecule has 0 fully saturated rings. The first-order chi connectivity index (χ1) is 11.1. The zero-order valence-electron chi connectivity index (χ0n) is 11.5. The Morgan fingerprint density at radius 1 is 1.30 bits per heavy atom. The molecule has 1 N–H and O–H groups in total. The van der Waals surface area contributed by atoms with Crippen LogP contribution >= 0.6 is 23.2 Å². The van der Waals surface area contributed by atoms with E-state index in [9.17, 15) is 10.1 Å². The summed E-state index contributed by atoms with van der Waals surface area (Å²) in [6, 6.07) is 5.15. The highest BCUT2D eigenvalue weighted by molar-refractivity contribution is 6.56. The van der Waals surface area contributed by atoms with E-state index in [1.54, 1.807) is 48.8 Å². The van der Waals surface area contributed by atoms with Crippen molar-refractivity contribution >= 4 is 34.9 Å². The summed E-state index contributed by atoms with van der Waals surface area (Å²) in [5, 5.41) is 14.4. The van der Waals surface area contributed by atoms with Crippen molar-refractivity contribution in [1.29, 1.82) is 0 Å². The van der Waals surface area contributed by atoms with Gasteiger partial charge in [0.1, 0.15) is 16.1 Å². The van der Waals surface area contributed by atoms with Gasteiger partial charge in [-0.1, -0.05) is 35.3 Å². The second-order valence-electron chi connectivity index (χ2n) is 4.44. The fraction of sp³-hybridized carbons (Fsp3) is 0. The van der Waals surface area contributed by atoms with E-state index >= 15 is 0 Å². The van der Waals surface area contributed by atoms with E-state index in [0.29, 0.717) is 11.7 Å². The van der Waals surface area contributed by atoms with Crippen LogP contribution in [0.5, 0.6) is 0 Å². The molecule has 0 aliphatic carbocycles. The summed E-state index contributed by atoms with van der Waals surface area (Å²) in [7, 11) is 0. The van der Waals surface area contributed by atoms with Crippen LogP contribution in [0.2, 0.25) is 0 Å². The molecule has 2 aliphatic heterocycles. The zero-order valence-corrected chi connectivity index (χ0v) is 13.0. The second-order valence-corrected chi connectivity index (χ2v) is 5.39. The van der Waals surface area contributed by atoms with Crippen molar-refractivity contribution in [3.05, 3.63) is 80.6 Å². The van der Waals surface area contributed by atoms with Crippen molar-refractivity contribution in [3.8, 4) is 0 Å². The van der Waals surface area contributed by atoms with Crippen LogP contribution in [0.3, 0.4) is 0 Å². The molecule has 0 spiro atoms. The molecule has 3 rings (SSSR count). The van der Waals surface area contributed by atoms with Crippen molar-refractivity contribution in [2.75, 3.05) is 5.32 Å². The van der Waals surface area contributed by atoms with Crippen LogP contribution in [0.25, 0.3) is 0 Å². The minimum atomic E-state index is -0.586. The molecular weight excluding hydrogens is 341 g/mol. The number of nitrogens with one attached hydrogen (secondary N) is 1. The molecule has 0 radical (unpaired) electrons. The van der Waals surface area contributed by atoms with Crippen molar-refractivity contribution in [2.24, 2.45) is 4.99 Å². The van der Waals surface area contributed by atoms with Gasteiger partial charge in [-0.2, -0.15) is 0 Å². The molecule has 0 saturated heterocycles. The topological polar surface area (TPSA) is 83.7 Å². The Kier molecular flexibility index (Phi) is 4.14. The van der Waals surface area contributed by atoms with Crippen molar-refractivity contribution in [3.63, 3.8) is 0 Å². The van der Waals surface area contributed by atoms with Gasteiger partial charge in [0.05, 0.1) is 4.92 Å². The highest BCUT2D eigenvalue weighted by Gasteiger charge is 2.36. The SMILES string of the molecule is O=[N+]([O-])C1=C(Nc2ccccn2)N=C2C=CC=CN2C1=C(Cl)Cl. The number of allylic oxidation sites excluding steroid dienone is 2. The lowest BCUT2D eigenvalue weighted by molar-refractivity contribution is -0.423. The Balaban J connectivity index is 2.16. The Labute approximate surface area is 141 Å². The first kappa shape index (κ1) is 15.3. The summed E-state index contributed by atoms with van der Waals surface area (Å²) in [6.07, 6.45) is 8.30. The molecule has 0 saturated carbocycles. The number of nitro groups is 1. The third kappa shape index (κ3) is 2.96. The highest BCUT2D eigenvalue weighted by Crippen LogP contribution is 2.33. The first-order valence-corrected chi connectivity index (χ1v) is 7.18. The van der Waals surface area contributed by atoms with Gasteiger partial charge in [-0.3, -0.25) is 15.0 Å². The lowest BCUT2D eigenvalue weighted by Crippen LogP contribution is -2.33. The van der Waals surface area contributed by atoms with Gasteiger partial charge < -0.3 is 5.32 Å². The molecule has 23 heavy (non-hydrogen) atoms. The molecule has 0 atom stereocenters. The average Bonchev–Trinajstić information content (AvgIpc) is 2.54. The van der Waals surface area contributed by atoms with Crippen LogP contribution in [-0.2, 0) is 0 Å². The maximum Gasteiger partial charge on any atom is 0.338 e. The van der Waals surface area contributed by atoms with Crippen LogP contribution in [0.4, 0.5) is 5.82 Å². The van der Waals surface area contributed by atoms with Gasteiger partial charge >= 0.3 is 5.70 Å². The molecule has 0 bridgehead atoms. The van der Waals surface area contributed by atoms with E-state index in [1.807, 2.05) is 0 Å². The lowest BCUT2D eigenvalue weighted by atomic mass is 10.2. The molecule has 0 unspecified atom stereocenters. The normalized spacial score (nSPS) is 16.2. The maximum absolute atomic E-state index is 11.5. The predicted octanol–water partition coefficient (Wildman–Crippen LogP) is 3.38. The van der Waals surface area contributed by atoms with Crippen LogP contribution < -0.4 is 5.32 Å². The smallest absolute Gasteiger partial charge is 0.319 e. The summed E-state index contributed by atoms with van der Waals surface area (Å²) in [4.78, 5) is 20.8. The van der Waals surface area contributed by atoms with Crippen molar-refractivity contribution in [2.45, 2.75) is 0 Å². The molecule has 0 amide bonds. The van der Waals surface area contributed by atoms with E-state index in [-0.39, 0.29) is 21.7 Å². The van der Waals surface area contributed by atoms with Gasteiger partial charge in [0.25, 0.3) is 0 Å². The fourth-order valence-corrected chi connectivity index (χ4v) is 2.47. The van der Waals surface area contributed by atoms with Crippen molar-refractivity contribution in [1.82, 2.24) is 9.88 Å². The van der Waals surface area contributed by atoms with Crippen LogP contribution in [0, 0.1) is 10.1 Å². The Morgan fingerprint density at radius 2 is 2.13 bits per heavy atom. The predicted molar refractivity (Wildman–Crippen MR) is 88.2 cm³/mol. The van der Waals surface area contributed by atoms with Gasteiger partial charge in [0, 0.05) is 12.4 Å². The Bertz CT molecular complexity index is 808. The lowest BCUT2D eigenvalue weighted by Gasteiger charge is -2.27. The summed E-state index contributed by atoms with van der Waals surface area (Å²) >= 11 is 11.8. The zero-order chi connectivity index (χ0) is 16.4. The fourth-order valence-electron chi connectivity index (χ4n) is 2.11. The Hall–Kier alpha value is -2.64. The molecule has 116 valence electrons. The summed E-state index contributed by atoms with van der Waals surface area (Å²) < 4.78 is -0.232. The van der Waals surface area contributed by atoms with E-state index in [1.165, 1.54) is 4.90 Å². The van der Waals surface area contributed by atoms with Crippen LogP contribution in [0.1, 0.15) is 0 Å². The van der Waals surface area contributed by atoms with Gasteiger partial charge in [0.2, 0.25) is 5.82 Å². The highest BCUT2D eigenvalue weighted by atomic mass is 35.5. The number of amidine groups is 1.